The summed E-state index contributed by atoms with van der Waals surface area (Å²) in [5.41, 5.74) is 0.897. The lowest BCUT2D eigenvalue weighted by Crippen LogP contribution is -2.30. The van der Waals surface area contributed by atoms with E-state index in [1.807, 2.05) is 52.8 Å². The largest absolute Gasteiger partial charge is 0.490 e. The van der Waals surface area contributed by atoms with Gasteiger partial charge in [0.15, 0.2) is 17.3 Å². The molecule has 27 heavy (non-hydrogen) atoms. The number of amides is 2. The van der Waals surface area contributed by atoms with Crippen LogP contribution in [0.2, 0.25) is 0 Å². The second-order valence-electron chi connectivity index (χ2n) is 7.10. The number of carbonyl (C=O) groups is 1. The molecule has 0 unspecified atom stereocenters. The predicted octanol–water partition coefficient (Wildman–Crippen LogP) is 4.13. The molecule has 7 nitrogen and oxygen atoms in total. The summed E-state index contributed by atoms with van der Waals surface area (Å²) in [7, 11) is 0. The average Bonchev–Trinajstić information content (AvgIpc) is 3.06. The van der Waals surface area contributed by atoms with E-state index in [9.17, 15) is 4.79 Å². The van der Waals surface area contributed by atoms with Gasteiger partial charge in [-0.1, -0.05) is 32.0 Å². The van der Waals surface area contributed by atoms with Crippen LogP contribution in [-0.4, -0.2) is 30.9 Å². The molecule has 0 radical (unpaired) electrons. The highest BCUT2D eigenvalue weighted by Gasteiger charge is 2.20. The molecule has 0 spiro atoms. The van der Waals surface area contributed by atoms with Crippen LogP contribution in [0.5, 0.6) is 11.5 Å². The maximum absolute atomic E-state index is 12.0. The van der Waals surface area contributed by atoms with Gasteiger partial charge in [0.1, 0.15) is 5.76 Å². The summed E-state index contributed by atoms with van der Waals surface area (Å²) >= 11 is 0. The van der Waals surface area contributed by atoms with E-state index in [0.717, 1.165) is 22.8 Å². The Labute approximate surface area is 160 Å². The summed E-state index contributed by atoms with van der Waals surface area (Å²) in [6, 6.07) is 7.23. The zero-order valence-electron chi connectivity index (χ0n) is 16.7. The predicted molar refractivity (Wildman–Crippen MR) is 105 cm³/mol. The third-order valence-corrected chi connectivity index (χ3v) is 3.80. The minimum Gasteiger partial charge on any atom is -0.490 e. The van der Waals surface area contributed by atoms with Crippen molar-refractivity contribution in [2.75, 3.05) is 25.1 Å². The van der Waals surface area contributed by atoms with Crippen LogP contribution in [0.1, 0.15) is 45.9 Å². The molecule has 0 atom stereocenters. The van der Waals surface area contributed by atoms with Gasteiger partial charge in [-0.2, -0.15) is 0 Å². The number of hydrogen-bond acceptors (Lipinski definition) is 5. The van der Waals surface area contributed by atoms with E-state index in [1.54, 1.807) is 6.07 Å². The number of carbonyl (C=O) groups excluding carboxylic acids is 1. The Balaban J connectivity index is 1.85. The number of hydrogen-bond donors (Lipinski definition) is 2. The van der Waals surface area contributed by atoms with Crippen molar-refractivity contribution in [2.24, 2.45) is 0 Å². The van der Waals surface area contributed by atoms with E-state index < -0.39 is 0 Å². The summed E-state index contributed by atoms with van der Waals surface area (Å²) in [5.74, 6) is 2.57. The van der Waals surface area contributed by atoms with Crippen LogP contribution >= 0.6 is 0 Å². The standard InChI is InChI=1S/C20H29N3O4/c1-6-25-15-9-8-14(12-16(15)26-7-2)10-11-21-19(24)22-18-13-17(27-23-18)20(3,4)5/h8-9,12-13H,6-7,10-11H2,1-5H3,(H2,21,22,23,24). The lowest BCUT2D eigenvalue weighted by atomic mass is 9.93. The number of aromatic nitrogens is 1. The van der Waals surface area contributed by atoms with Gasteiger partial charge in [0.05, 0.1) is 13.2 Å². The number of nitrogens with one attached hydrogen (secondary N) is 2. The molecular formula is C20H29N3O4. The molecule has 0 aliphatic heterocycles. The van der Waals surface area contributed by atoms with Crippen LogP contribution in [0.25, 0.3) is 0 Å². The van der Waals surface area contributed by atoms with Crippen molar-refractivity contribution in [3.8, 4) is 11.5 Å². The van der Waals surface area contributed by atoms with Gasteiger partial charge < -0.3 is 19.3 Å². The molecule has 0 saturated carbocycles. The van der Waals surface area contributed by atoms with Crippen molar-refractivity contribution in [3.63, 3.8) is 0 Å². The SMILES string of the molecule is CCOc1ccc(CCNC(=O)Nc2cc(C(C)(C)C)on2)cc1OCC. The van der Waals surface area contributed by atoms with Crippen LogP contribution in [-0.2, 0) is 11.8 Å². The third-order valence-electron chi connectivity index (χ3n) is 3.80. The summed E-state index contributed by atoms with van der Waals surface area (Å²) in [5, 5.41) is 9.36. The van der Waals surface area contributed by atoms with Gasteiger partial charge >= 0.3 is 6.03 Å². The maximum atomic E-state index is 12.0. The van der Waals surface area contributed by atoms with Crippen LogP contribution in [0, 0.1) is 0 Å². The normalized spacial score (nSPS) is 11.1. The topological polar surface area (TPSA) is 85.6 Å². The molecule has 1 heterocycles. The number of urea groups is 1. The van der Waals surface area contributed by atoms with Crippen molar-refractivity contribution in [3.05, 3.63) is 35.6 Å². The molecule has 1 aromatic carbocycles. The molecule has 7 heteroatoms. The highest BCUT2D eigenvalue weighted by Crippen LogP contribution is 2.28. The number of benzene rings is 1. The summed E-state index contributed by atoms with van der Waals surface area (Å²) in [4.78, 5) is 12.0. The van der Waals surface area contributed by atoms with Crippen LogP contribution in [0.4, 0.5) is 10.6 Å². The first-order chi connectivity index (χ1) is 12.8. The molecule has 2 rings (SSSR count). The zero-order valence-corrected chi connectivity index (χ0v) is 16.7. The molecule has 0 aliphatic rings. The van der Waals surface area contributed by atoms with E-state index in [-0.39, 0.29) is 11.4 Å². The summed E-state index contributed by atoms with van der Waals surface area (Å²) in [6.45, 7) is 11.6. The van der Waals surface area contributed by atoms with E-state index in [4.69, 9.17) is 14.0 Å². The maximum Gasteiger partial charge on any atom is 0.320 e. The summed E-state index contributed by atoms with van der Waals surface area (Å²) < 4.78 is 16.4. The highest BCUT2D eigenvalue weighted by molar-refractivity contribution is 5.88. The zero-order chi connectivity index (χ0) is 19.9. The Kier molecular flexibility index (Phi) is 7.10. The molecule has 0 bridgehead atoms. The second kappa shape index (κ2) is 9.30. The Morgan fingerprint density at radius 2 is 1.81 bits per heavy atom. The minimum absolute atomic E-state index is 0.157. The fraction of sp³-hybridized carbons (Fsp3) is 0.500. The first kappa shape index (κ1) is 20.6. The van der Waals surface area contributed by atoms with Crippen LogP contribution in [0.15, 0.2) is 28.8 Å². The van der Waals surface area contributed by atoms with Crippen LogP contribution in [0.3, 0.4) is 0 Å². The first-order valence-electron chi connectivity index (χ1n) is 9.24. The molecule has 0 saturated heterocycles. The van der Waals surface area contributed by atoms with E-state index in [1.165, 1.54) is 0 Å². The minimum atomic E-state index is -0.320. The van der Waals surface area contributed by atoms with E-state index in [2.05, 4.69) is 15.8 Å². The lowest BCUT2D eigenvalue weighted by Gasteiger charge is -2.12. The van der Waals surface area contributed by atoms with Crippen molar-refractivity contribution in [1.82, 2.24) is 10.5 Å². The molecule has 0 aliphatic carbocycles. The number of ether oxygens (including phenoxy) is 2. The molecule has 1 aromatic heterocycles. The first-order valence-corrected chi connectivity index (χ1v) is 9.24. The Hall–Kier alpha value is -2.70. The van der Waals surface area contributed by atoms with Gasteiger partial charge in [-0.05, 0) is 38.0 Å². The van der Waals surface area contributed by atoms with Gasteiger partial charge in [0.2, 0.25) is 0 Å². The number of rotatable bonds is 8. The molecule has 2 N–H and O–H groups in total. The number of nitrogens with zero attached hydrogens (tertiary/aromatic N) is 1. The van der Waals surface area contributed by atoms with Crippen LogP contribution < -0.4 is 20.1 Å². The number of anilines is 1. The highest BCUT2D eigenvalue weighted by atomic mass is 16.5. The molecule has 2 amide bonds. The molecular weight excluding hydrogens is 346 g/mol. The fourth-order valence-corrected chi connectivity index (χ4v) is 2.42. The van der Waals surface area contributed by atoms with E-state index in [0.29, 0.717) is 32.0 Å². The van der Waals surface area contributed by atoms with Crippen molar-refractivity contribution < 1.29 is 18.8 Å². The van der Waals surface area contributed by atoms with Gasteiger partial charge in [0, 0.05) is 18.0 Å². The van der Waals surface area contributed by atoms with Gasteiger partial charge in [-0.15, -0.1) is 0 Å². The van der Waals surface area contributed by atoms with Crippen molar-refractivity contribution in [2.45, 2.75) is 46.5 Å². The van der Waals surface area contributed by atoms with Gasteiger partial charge in [0.25, 0.3) is 0 Å². The lowest BCUT2D eigenvalue weighted by molar-refractivity contribution is 0.252. The Morgan fingerprint density at radius 3 is 2.44 bits per heavy atom. The third kappa shape index (κ3) is 6.20. The Morgan fingerprint density at radius 1 is 1.11 bits per heavy atom. The van der Waals surface area contributed by atoms with Gasteiger partial charge in [-0.3, -0.25) is 5.32 Å². The quantitative estimate of drug-likeness (QED) is 0.724. The molecule has 148 valence electrons. The van der Waals surface area contributed by atoms with E-state index >= 15 is 0 Å². The fourth-order valence-electron chi connectivity index (χ4n) is 2.42. The molecule has 0 fully saturated rings. The van der Waals surface area contributed by atoms with Gasteiger partial charge in [-0.25, -0.2) is 4.79 Å². The average molecular weight is 375 g/mol. The van der Waals surface area contributed by atoms with Crippen molar-refractivity contribution >= 4 is 11.8 Å². The molecule has 2 aromatic rings. The van der Waals surface area contributed by atoms with Crippen molar-refractivity contribution in [1.29, 1.82) is 0 Å². The Bertz CT molecular complexity index is 750. The smallest absolute Gasteiger partial charge is 0.320 e. The second-order valence-corrected chi connectivity index (χ2v) is 7.10. The monoisotopic (exact) mass is 375 g/mol. The summed E-state index contributed by atoms with van der Waals surface area (Å²) in [6.07, 6.45) is 0.673.